The van der Waals surface area contributed by atoms with E-state index >= 15 is 0 Å². The summed E-state index contributed by atoms with van der Waals surface area (Å²) in [5.41, 5.74) is 4.70. The van der Waals surface area contributed by atoms with Crippen molar-refractivity contribution in [1.29, 1.82) is 0 Å². The molecule has 0 radical (unpaired) electrons. The topological polar surface area (TPSA) is 64.7 Å². The van der Waals surface area contributed by atoms with Gasteiger partial charge in [0.05, 0.1) is 11.1 Å². The molecule has 4 nitrogen and oxygen atoms in total. The van der Waals surface area contributed by atoms with Crippen LogP contribution in [-0.2, 0) is 6.18 Å². The lowest BCUT2D eigenvalue weighted by molar-refractivity contribution is -0.137. The Hall–Kier alpha value is -2.22. The number of anilines is 1. The first-order valence-corrected chi connectivity index (χ1v) is 6.29. The van der Waals surface area contributed by atoms with Crippen LogP contribution in [0.4, 0.5) is 18.3 Å². The lowest BCUT2D eigenvalue weighted by Crippen LogP contribution is -2.09. The maximum atomic E-state index is 13.1. The fourth-order valence-electron chi connectivity index (χ4n) is 1.83. The van der Waals surface area contributed by atoms with E-state index < -0.39 is 11.7 Å². The molecule has 0 spiro atoms. The molecule has 1 aromatic carbocycles. The van der Waals surface area contributed by atoms with Crippen LogP contribution in [0.3, 0.4) is 0 Å². The summed E-state index contributed by atoms with van der Waals surface area (Å²) in [5.74, 6) is -0.106. The van der Waals surface area contributed by atoms with Gasteiger partial charge in [0, 0.05) is 16.9 Å². The van der Waals surface area contributed by atoms with Crippen molar-refractivity contribution in [3.63, 3.8) is 0 Å². The maximum absolute atomic E-state index is 13.1. The van der Waals surface area contributed by atoms with Gasteiger partial charge in [-0.25, -0.2) is 4.98 Å². The molecule has 0 bridgehead atoms. The Bertz CT molecular complexity index is 782. The normalized spacial score (nSPS) is 11.9. The van der Waals surface area contributed by atoms with Crippen molar-refractivity contribution in [3.05, 3.63) is 35.9 Å². The lowest BCUT2D eigenvalue weighted by Gasteiger charge is -2.11. The predicted molar refractivity (Wildman–Crippen MR) is 70.1 cm³/mol. The Morgan fingerprint density at radius 3 is 2.50 bits per heavy atom. The molecule has 3 aromatic rings. The van der Waals surface area contributed by atoms with Crippen molar-refractivity contribution in [2.75, 3.05) is 5.73 Å². The molecule has 0 saturated carbocycles. The monoisotopic (exact) mass is 296 g/mol. The van der Waals surface area contributed by atoms with Crippen LogP contribution in [0.2, 0.25) is 0 Å². The maximum Gasteiger partial charge on any atom is 0.418 e. The van der Waals surface area contributed by atoms with E-state index in [4.69, 9.17) is 5.73 Å². The fourth-order valence-corrected chi connectivity index (χ4v) is 2.27. The van der Waals surface area contributed by atoms with Gasteiger partial charge in [-0.2, -0.15) is 22.5 Å². The summed E-state index contributed by atoms with van der Waals surface area (Å²) in [4.78, 5) is 7.82. The van der Waals surface area contributed by atoms with Crippen molar-refractivity contribution in [3.8, 4) is 11.5 Å². The highest BCUT2D eigenvalue weighted by atomic mass is 32.1. The second kappa shape index (κ2) is 4.41. The number of nitrogens with two attached hydrogens (primary N) is 1. The van der Waals surface area contributed by atoms with Gasteiger partial charge in [-0.15, -0.1) is 0 Å². The number of alkyl halides is 3. The number of pyridine rings is 1. The molecule has 2 heterocycles. The minimum absolute atomic E-state index is 0.100. The van der Waals surface area contributed by atoms with E-state index in [1.54, 1.807) is 24.3 Å². The van der Waals surface area contributed by atoms with Crippen LogP contribution < -0.4 is 5.73 Å². The van der Waals surface area contributed by atoms with Crippen LogP contribution in [-0.4, -0.2) is 14.3 Å². The first-order chi connectivity index (χ1) is 9.45. The number of hydrogen-bond donors (Lipinski definition) is 1. The predicted octanol–water partition coefficient (Wildman–Crippen LogP) is 3.35. The zero-order valence-corrected chi connectivity index (χ0v) is 10.7. The Morgan fingerprint density at radius 1 is 1.10 bits per heavy atom. The average molecular weight is 296 g/mol. The molecule has 0 fully saturated rings. The Kier molecular flexibility index (Phi) is 2.82. The summed E-state index contributed by atoms with van der Waals surface area (Å²) in [6.07, 6.45) is -4.54. The Morgan fingerprint density at radius 2 is 1.85 bits per heavy atom. The molecule has 102 valence electrons. The molecular weight excluding hydrogens is 289 g/mol. The first kappa shape index (κ1) is 12.8. The number of fused-ring (bicyclic) bond motifs is 1. The van der Waals surface area contributed by atoms with Gasteiger partial charge in [-0.1, -0.05) is 18.2 Å². The van der Waals surface area contributed by atoms with Crippen molar-refractivity contribution in [2.24, 2.45) is 0 Å². The highest BCUT2D eigenvalue weighted by molar-refractivity contribution is 7.09. The minimum atomic E-state index is -4.54. The highest BCUT2D eigenvalue weighted by Gasteiger charge is 2.36. The van der Waals surface area contributed by atoms with E-state index in [9.17, 15) is 13.2 Å². The number of rotatable bonds is 1. The summed E-state index contributed by atoms with van der Waals surface area (Å²) in [5, 5.41) is 0.509. The molecule has 2 aromatic heterocycles. The number of halogens is 3. The SMILES string of the molecule is Nc1nc(-c2nc3ccccc3cc2C(F)(F)F)ns1. The number of benzene rings is 1. The average Bonchev–Trinajstić information content (AvgIpc) is 2.83. The van der Waals surface area contributed by atoms with E-state index in [2.05, 4.69) is 14.3 Å². The largest absolute Gasteiger partial charge is 0.418 e. The van der Waals surface area contributed by atoms with Gasteiger partial charge in [0.15, 0.2) is 11.0 Å². The van der Waals surface area contributed by atoms with E-state index in [1.165, 1.54) is 0 Å². The van der Waals surface area contributed by atoms with Crippen LogP contribution in [0.15, 0.2) is 30.3 Å². The standard InChI is InChI=1S/C12H7F3N4S/c13-12(14,15)7-5-6-3-1-2-4-8(6)17-9(7)10-18-11(16)20-19-10/h1-5H,(H2,16,18,19). The number of aromatic nitrogens is 3. The van der Waals surface area contributed by atoms with Gasteiger partial charge in [-0.05, 0) is 12.1 Å². The molecule has 2 N–H and O–H groups in total. The Labute approximate surface area is 115 Å². The van der Waals surface area contributed by atoms with E-state index in [0.29, 0.717) is 10.9 Å². The minimum Gasteiger partial charge on any atom is -0.374 e. The van der Waals surface area contributed by atoms with Crippen LogP contribution in [0.25, 0.3) is 22.4 Å². The molecule has 0 aliphatic rings. The zero-order chi connectivity index (χ0) is 14.3. The van der Waals surface area contributed by atoms with E-state index in [-0.39, 0.29) is 16.6 Å². The molecule has 0 aliphatic heterocycles. The first-order valence-electron chi connectivity index (χ1n) is 5.52. The number of nitrogen functional groups attached to an aromatic ring is 1. The summed E-state index contributed by atoms with van der Waals surface area (Å²) < 4.78 is 43.2. The van der Waals surface area contributed by atoms with Crippen LogP contribution in [0.1, 0.15) is 5.56 Å². The molecule has 0 atom stereocenters. The quantitative estimate of drug-likeness (QED) is 0.748. The number of hydrogen-bond acceptors (Lipinski definition) is 5. The molecule has 0 saturated heterocycles. The van der Waals surface area contributed by atoms with Crippen molar-refractivity contribution in [2.45, 2.75) is 6.18 Å². The van der Waals surface area contributed by atoms with Gasteiger partial charge in [0.2, 0.25) is 0 Å². The van der Waals surface area contributed by atoms with Crippen molar-refractivity contribution in [1.82, 2.24) is 14.3 Å². The smallest absolute Gasteiger partial charge is 0.374 e. The lowest BCUT2D eigenvalue weighted by atomic mass is 10.1. The van der Waals surface area contributed by atoms with Gasteiger partial charge < -0.3 is 5.73 Å². The highest BCUT2D eigenvalue weighted by Crippen LogP contribution is 2.37. The molecule has 0 aliphatic carbocycles. The van der Waals surface area contributed by atoms with Crippen LogP contribution in [0, 0.1) is 0 Å². The number of para-hydroxylation sites is 1. The number of nitrogens with zero attached hydrogens (tertiary/aromatic N) is 3. The van der Waals surface area contributed by atoms with E-state index in [1.807, 2.05) is 0 Å². The fraction of sp³-hybridized carbons (Fsp3) is 0.0833. The van der Waals surface area contributed by atoms with Crippen LogP contribution >= 0.6 is 11.5 Å². The van der Waals surface area contributed by atoms with Gasteiger partial charge in [-0.3, -0.25) is 0 Å². The molecule has 3 rings (SSSR count). The Balaban J connectivity index is 2.33. The second-order valence-corrected chi connectivity index (χ2v) is 4.81. The molecule has 0 amide bonds. The second-order valence-electron chi connectivity index (χ2n) is 4.03. The third-order valence-electron chi connectivity index (χ3n) is 2.68. The van der Waals surface area contributed by atoms with E-state index in [0.717, 1.165) is 17.6 Å². The summed E-state index contributed by atoms with van der Waals surface area (Å²) in [6, 6.07) is 7.62. The van der Waals surface area contributed by atoms with Crippen LogP contribution in [0.5, 0.6) is 0 Å². The molecule has 0 unspecified atom stereocenters. The third-order valence-corrected chi connectivity index (χ3v) is 3.23. The summed E-state index contributed by atoms with van der Waals surface area (Å²) in [7, 11) is 0. The van der Waals surface area contributed by atoms with Crippen molar-refractivity contribution >= 4 is 27.6 Å². The summed E-state index contributed by atoms with van der Waals surface area (Å²) >= 11 is 0.833. The summed E-state index contributed by atoms with van der Waals surface area (Å²) in [6.45, 7) is 0. The molecular formula is C12H7F3N4S. The third kappa shape index (κ3) is 2.18. The molecule has 20 heavy (non-hydrogen) atoms. The van der Waals surface area contributed by atoms with Gasteiger partial charge in [0.25, 0.3) is 0 Å². The molecule has 8 heteroatoms. The van der Waals surface area contributed by atoms with Gasteiger partial charge >= 0.3 is 6.18 Å². The van der Waals surface area contributed by atoms with Crippen molar-refractivity contribution < 1.29 is 13.2 Å². The van der Waals surface area contributed by atoms with Gasteiger partial charge in [0.1, 0.15) is 5.69 Å². The zero-order valence-electron chi connectivity index (χ0n) is 9.85.